The molecule has 5 fully saturated rings. The Kier molecular flexibility index (Phi) is 3.67. The third-order valence-electron chi connectivity index (χ3n) is 6.33. The summed E-state index contributed by atoms with van der Waals surface area (Å²) >= 11 is 0. The van der Waals surface area contributed by atoms with Crippen molar-refractivity contribution in [2.45, 2.75) is 37.8 Å². The van der Waals surface area contributed by atoms with Crippen molar-refractivity contribution in [3.63, 3.8) is 0 Å². The van der Waals surface area contributed by atoms with Crippen LogP contribution in [0.15, 0.2) is 0 Å². The van der Waals surface area contributed by atoms with Gasteiger partial charge in [-0.1, -0.05) is 0 Å². The lowest BCUT2D eigenvalue weighted by Crippen LogP contribution is -2.57. The Morgan fingerprint density at radius 1 is 1.24 bits per heavy atom. The van der Waals surface area contributed by atoms with Crippen molar-refractivity contribution >= 4 is 5.91 Å². The maximum Gasteiger partial charge on any atom is 0.239 e. The van der Waals surface area contributed by atoms with Gasteiger partial charge >= 0.3 is 0 Å². The fourth-order valence-electron chi connectivity index (χ4n) is 5.53. The van der Waals surface area contributed by atoms with Gasteiger partial charge in [-0.3, -0.25) is 9.69 Å². The second-order valence-electron chi connectivity index (χ2n) is 7.44. The van der Waals surface area contributed by atoms with E-state index >= 15 is 0 Å². The van der Waals surface area contributed by atoms with Crippen LogP contribution in [0.25, 0.3) is 0 Å². The van der Waals surface area contributed by atoms with E-state index in [0.717, 1.165) is 36.8 Å². The molecule has 1 saturated heterocycles. The van der Waals surface area contributed by atoms with Crippen LogP contribution < -0.4 is 11.1 Å². The lowest BCUT2D eigenvalue weighted by molar-refractivity contribution is -0.134. The topological polar surface area (TPSA) is 67.6 Å². The van der Waals surface area contributed by atoms with E-state index in [0.29, 0.717) is 25.8 Å². The molecule has 4 aliphatic carbocycles. The molecule has 5 nitrogen and oxygen atoms in total. The molecule has 4 bridgehead atoms. The Balaban J connectivity index is 1.41. The highest BCUT2D eigenvalue weighted by Crippen LogP contribution is 2.58. The molecule has 0 radical (unpaired) electrons. The summed E-state index contributed by atoms with van der Waals surface area (Å²) in [5, 5.41) is 3.39. The van der Waals surface area contributed by atoms with Gasteiger partial charge in [-0.15, -0.1) is 0 Å². The number of hydrogen-bond donors (Lipinski definition) is 2. The third-order valence-corrected chi connectivity index (χ3v) is 6.33. The molecule has 5 heteroatoms. The van der Waals surface area contributed by atoms with Crippen molar-refractivity contribution < 1.29 is 9.53 Å². The van der Waals surface area contributed by atoms with Crippen LogP contribution in [0.4, 0.5) is 0 Å². The Hall–Kier alpha value is -0.650. The molecule has 0 aromatic carbocycles. The van der Waals surface area contributed by atoms with Crippen LogP contribution in [-0.4, -0.2) is 55.7 Å². The minimum absolute atomic E-state index is 0.140. The van der Waals surface area contributed by atoms with Crippen molar-refractivity contribution in [1.29, 1.82) is 0 Å². The van der Waals surface area contributed by atoms with E-state index < -0.39 is 0 Å². The first-order valence-corrected chi connectivity index (χ1v) is 8.58. The van der Waals surface area contributed by atoms with Crippen LogP contribution in [-0.2, 0) is 9.53 Å². The Morgan fingerprint density at radius 3 is 2.90 bits per heavy atom. The monoisotopic (exact) mass is 293 g/mol. The Morgan fingerprint density at radius 2 is 2.10 bits per heavy atom. The van der Waals surface area contributed by atoms with Gasteiger partial charge in [-0.2, -0.15) is 0 Å². The molecule has 118 valence electrons. The molecule has 3 N–H and O–H groups in total. The molecular formula is C16H27N3O2. The number of carbonyl (C=O) groups is 1. The van der Waals surface area contributed by atoms with Crippen molar-refractivity contribution in [3.8, 4) is 0 Å². The molecular weight excluding hydrogens is 266 g/mol. The predicted octanol–water partition coefficient (Wildman–Crippen LogP) is 0.197. The molecule has 4 saturated carbocycles. The summed E-state index contributed by atoms with van der Waals surface area (Å²) in [6, 6.07) is 0.293. The van der Waals surface area contributed by atoms with Crippen LogP contribution >= 0.6 is 0 Å². The van der Waals surface area contributed by atoms with E-state index in [1.807, 2.05) is 0 Å². The molecule has 1 heterocycles. The fraction of sp³-hybridized carbons (Fsp3) is 0.938. The van der Waals surface area contributed by atoms with Crippen LogP contribution in [0.2, 0.25) is 0 Å². The summed E-state index contributed by atoms with van der Waals surface area (Å²) in [6.45, 7) is 3.42. The molecule has 5 aliphatic rings. The second-order valence-corrected chi connectivity index (χ2v) is 7.44. The standard InChI is InChI=1S/C16H27N3O2/c17-1-2-19-3-4-21-9-14(19)16(20)18-15-12-6-10-5-11(8-12)13(15)7-10/h10-15H,1-9,17H2,(H,18,20)/t10?,11?,12?,13?,14-,15?/m1/s1. The normalized spacial score (nSPS) is 45.2. The van der Waals surface area contributed by atoms with E-state index in [-0.39, 0.29) is 11.9 Å². The highest BCUT2D eigenvalue weighted by atomic mass is 16.5. The van der Waals surface area contributed by atoms with Crippen LogP contribution in [0, 0.1) is 23.7 Å². The van der Waals surface area contributed by atoms with Gasteiger partial charge in [0.2, 0.25) is 5.91 Å². The quantitative estimate of drug-likeness (QED) is 0.777. The fourth-order valence-corrected chi connectivity index (χ4v) is 5.53. The summed E-state index contributed by atoms with van der Waals surface area (Å²) in [6.07, 6.45) is 5.45. The van der Waals surface area contributed by atoms with Gasteiger partial charge in [0.15, 0.2) is 0 Å². The van der Waals surface area contributed by atoms with Gasteiger partial charge in [0.1, 0.15) is 6.04 Å². The number of nitrogens with two attached hydrogens (primary N) is 1. The zero-order chi connectivity index (χ0) is 14.4. The van der Waals surface area contributed by atoms with E-state index in [9.17, 15) is 4.79 Å². The van der Waals surface area contributed by atoms with Crippen LogP contribution in [0.1, 0.15) is 25.7 Å². The summed E-state index contributed by atoms with van der Waals surface area (Å²) in [5.41, 5.74) is 5.67. The second kappa shape index (κ2) is 5.52. The average molecular weight is 293 g/mol. The SMILES string of the molecule is NCCN1CCOC[C@@H]1C(=O)NC1C2CC3CC(C2)C1C3. The first-order chi connectivity index (χ1) is 10.3. The maximum absolute atomic E-state index is 12.7. The molecule has 0 aromatic heterocycles. The molecule has 5 unspecified atom stereocenters. The van der Waals surface area contributed by atoms with Crippen molar-refractivity contribution in [2.75, 3.05) is 32.8 Å². The van der Waals surface area contributed by atoms with Crippen molar-refractivity contribution in [1.82, 2.24) is 10.2 Å². The number of carbonyl (C=O) groups excluding carboxylic acids is 1. The summed E-state index contributed by atoms with van der Waals surface area (Å²) in [5.74, 6) is 3.51. The first-order valence-electron chi connectivity index (χ1n) is 8.58. The molecule has 1 amide bonds. The van der Waals surface area contributed by atoms with E-state index in [4.69, 9.17) is 10.5 Å². The first kappa shape index (κ1) is 14.0. The van der Waals surface area contributed by atoms with E-state index in [2.05, 4.69) is 10.2 Å². The number of amides is 1. The maximum atomic E-state index is 12.7. The van der Waals surface area contributed by atoms with E-state index in [1.165, 1.54) is 25.7 Å². The number of hydrogen-bond acceptors (Lipinski definition) is 4. The van der Waals surface area contributed by atoms with Gasteiger partial charge in [0.05, 0.1) is 13.2 Å². The minimum Gasteiger partial charge on any atom is -0.378 e. The lowest BCUT2D eigenvalue weighted by atomic mass is 9.79. The van der Waals surface area contributed by atoms with Gasteiger partial charge in [0, 0.05) is 25.7 Å². The minimum atomic E-state index is -0.140. The number of ether oxygens (including phenoxy) is 1. The molecule has 21 heavy (non-hydrogen) atoms. The summed E-state index contributed by atoms with van der Waals surface area (Å²) in [4.78, 5) is 14.9. The van der Waals surface area contributed by atoms with Crippen molar-refractivity contribution in [2.24, 2.45) is 29.4 Å². The number of morpholine rings is 1. The van der Waals surface area contributed by atoms with Gasteiger partial charge < -0.3 is 15.8 Å². The van der Waals surface area contributed by atoms with E-state index in [1.54, 1.807) is 0 Å². The Bertz CT molecular complexity index is 410. The predicted molar refractivity (Wildman–Crippen MR) is 79.6 cm³/mol. The molecule has 0 spiro atoms. The zero-order valence-corrected chi connectivity index (χ0v) is 12.7. The molecule has 1 aliphatic heterocycles. The van der Waals surface area contributed by atoms with Gasteiger partial charge in [-0.05, 0) is 49.4 Å². The van der Waals surface area contributed by atoms with Crippen molar-refractivity contribution in [3.05, 3.63) is 0 Å². The number of nitrogens with zero attached hydrogens (tertiary/aromatic N) is 1. The molecule has 5 rings (SSSR count). The van der Waals surface area contributed by atoms with Gasteiger partial charge in [-0.25, -0.2) is 0 Å². The smallest absolute Gasteiger partial charge is 0.239 e. The summed E-state index contributed by atoms with van der Waals surface area (Å²) < 4.78 is 5.52. The number of rotatable bonds is 4. The zero-order valence-electron chi connectivity index (χ0n) is 12.7. The average Bonchev–Trinajstić information content (AvgIpc) is 2.90. The van der Waals surface area contributed by atoms with Gasteiger partial charge in [0.25, 0.3) is 0 Å². The molecule has 6 atom stereocenters. The van der Waals surface area contributed by atoms with Crippen LogP contribution in [0.3, 0.4) is 0 Å². The Labute approximate surface area is 126 Å². The lowest BCUT2D eigenvalue weighted by Gasteiger charge is -2.37. The highest BCUT2D eigenvalue weighted by Gasteiger charge is 2.54. The third kappa shape index (κ3) is 2.39. The van der Waals surface area contributed by atoms with Crippen LogP contribution in [0.5, 0.6) is 0 Å². The largest absolute Gasteiger partial charge is 0.378 e. The highest BCUT2D eigenvalue weighted by molar-refractivity contribution is 5.82. The number of nitrogens with one attached hydrogen (secondary N) is 1. The molecule has 0 aromatic rings. The summed E-state index contributed by atoms with van der Waals surface area (Å²) in [7, 11) is 0.